The fraction of sp³-hybridized carbons (Fsp3) is 0.300. The molecule has 0 saturated heterocycles. The Labute approximate surface area is 147 Å². The lowest BCUT2D eigenvalue weighted by Crippen LogP contribution is -2.31. The van der Waals surface area contributed by atoms with E-state index in [1.54, 1.807) is 24.3 Å². The van der Waals surface area contributed by atoms with Gasteiger partial charge >= 0.3 is 5.97 Å². The second-order valence-electron chi connectivity index (χ2n) is 5.82. The van der Waals surface area contributed by atoms with E-state index in [-0.39, 0.29) is 25.2 Å². The van der Waals surface area contributed by atoms with E-state index in [1.807, 2.05) is 31.2 Å². The fourth-order valence-electron chi connectivity index (χ4n) is 2.37. The maximum atomic E-state index is 12.0. The topological polar surface area (TPSA) is 75.6 Å². The summed E-state index contributed by atoms with van der Waals surface area (Å²) < 4.78 is 5.02. The molecular weight excluding hydrogens is 318 g/mol. The SMILES string of the molecule is CCc1ccc([C@H](C)NC(=O)COC(=O)c2ccc(CO)cc2)cc1. The van der Waals surface area contributed by atoms with Gasteiger partial charge in [-0.15, -0.1) is 0 Å². The molecule has 0 aliphatic heterocycles. The van der Waals surface area contributed by atoms with Gasteiger partial charge in [0.25, 0.3) is 5.91 Å². The van der Waals surface area contributed by atoms with Crippen molar-refractivity contribution in [2.24, 2.45) is 0 Å². The molecule has 0 bridgehead atoms. The van der Waals surface area contributed by atoms with E-state index in [0.717, 1.165) is 12.0 Å². The Hall–Kier alpha value is -2.66. The van der Waals surface area contributed by atoms with Crippen LogP contribution in [0.4, 0.5) is 0 Å². The highest BCUT2D eigenvalue weighted by atomic mass is 16.5. The van der Waals surface area contributed by atoms with Gasteiger partial charge < -0.3 is 15.2 Å². The molecule has 2 rings (SSSR count). The van der Waals surface area contributed by atoms with Crippen LogP contribution in [-0.4, -0.2) is 23.6 Å². The van der Waals surface area contributed by atoms with E-state index in [2.05, 4.69) is 12.2 Å². The van der Waals surface area contributed by atoms with Gasteiger partial charge in [0.1, 0.15) is 0 Å². The molecule has 5 heteroatoms. The third-order valence-corrected chi connectivity index (χ3v) is 3.97. The summed E-state index contributed by atoms with van der Waals surface area (Å²) in [6.45, 7) is 3.55. The van der Waals surface area contributed by atoms with Gasteiger partial charge in [-0.05, 0) is 42.2 Å². The second-order valence-corrected chi connectivity index (χ2v) is 5.82. The van der Waals surface area contributed by atoms with Crippen LogP contribution in [0.25, 0.3) is 0 Å². The Morgan fingerprint density at radius 2 is 1.64 bits per heavy atom. The summed E-state index contributed by atoms with van der Waals surface area (Å²) in [5.41, 5.74) is 3.28. The molecule has 2 aromatic rings. The average molecular weight is 341 g/mol. The van der Waals surface area contributed by atoms with Gasteiger partial charge in [-0.1, -0.05) is 43.3 Å². The third kappa shape index (κ3) is 5.43. The maximum absolute atomic E-state index is 12.0. The molecule has 0 radical (unpaired) electrons. The van der Waals surface area contributed by atoms with Crippen molar-refractivity contribution in [3.63, 3.8) is 0 Å². The molecule has 0 aliphatic rings. The van der Waals surface area contributed by atoms with Gasteiger partial charge in [0.15, 0.2) is 6.61 Å². The highest BCUT2D eigenvalue weighted by Gasteiger charge is 2.13. The number of hydrogen-bond acceptors (Lipinski definition) is 4. The number of nitrogens with one attached hydrogen (secondary N) is 1. The standard InChI is InChI=1S/C20H23NO4/c1-3-15-4-8-17(9-5-15)14(2)21-19(23)13-25-20(24)18-10-6-16(12-22)7-11-18/h4-11,14,22H,3,12-13H2,1-2H3,(H,21,23)/t14-/m0/s1. The first-order chi connectivity index (χ1) is 12.0. The van der Waals surface area contributed by atoms with Crippen LogP contribution in [0.5, 0.6) is 0 Å². The summed E-state index contributed by atoms with van der Waals surface area (Å²) in [6, 6.07) is 14.3. The van der Waals surface area contributed by atoms with Gasteiger partial charge in [0, 0.05) is 0 Å². The van der Waals surface area contributed by atoms with Gasteiger partial charge in [-0.25, -0.2) is 4.79 Å². The lowest BCUT2D eigenvalue weighted by molar-refractivity contribution is -0.124. The van der Waals surface area contributed by atoms with Crippen molar-refractivity contribution in [3.8, 4) is 0 Å². The van der Waals surface area contributed by atoms with E-state index in [0.29, 0.717) is 11.1 Å². The zero-order chi connectivity index (χ0) is 18.2. The van der Waals surface area contributed by atoms with Crippen LogP contribution in [0, 0.1) is 0 Å². The molecule has 1 amide bonds. The van der Waals surface area contributed by atoms with Crippen molar-refractivity contribution < 1.29 is 19.4 Å². The smallest absolute Gasteiger partial charge is 0.338 e. The quantitative estimate of drug-likeness (QED) is 0.759. The van der Waals surface area contributed by atoms with Crippen LogP contribution in [0.1, 0.15) is 46.9 Å². The molecule has 2 N–H and O–H groups in total. The van der Waals surface area contributed by atoms with E-state index >= 15 is 0 Å². The Morgan fingerprint density at radius 1 is 1.04 bits per heavy atom. The van der Waals surface area contributed by atoms with Crippen molar-refractivity contribution in [2.75, 3.05) is 6.61 Å². The van der Waals surface area contributed by atoms with E-state index in [1.165, 1.54) is 5.56 Å². The predicted octanol–water partition coefficient (Wildman–Crippen LogP) is 2.78. The minimum absolute atomic E-state index is 0.0884. The number of esters is 1. The molecule has 0 saturated carbocycles. The molecule has 132 valence electrons. The van der Waals surface area contributed by atoms with Gasteiger partial charge in [-0.3, -0.25) is 4.79 Å². The second kappa shape index (κ2) is 8.99. The van der Waals surface area contributed by atoms with Crippen LogP contribution >= 0.6 is 0 Å². The molecule has 0 heterocycles. The maximum Gasteiger partial charge on any atom is 0.338 e. The minimum atomic E-state index is -0.570. The Kier molecular flexibility index (Phi) is 6.71. The molecule has 0 aliphatic carbocycles. The molecule has 0 unspecified atom stereocenters. The first-order valence-corrected chi connectivity index (χ1v) is 8.28. The Morgan fingerprint density at radius 3 is 2.20 bits per heavy atom. The number of aliphatic hydroxyl groups excluding tert-OH is 1. The lowest BCUT2D eigenvalue weighted by Gasteiger charge is -2.15. The number of hydrogen-bond donors (Lipinski definition) is 2. The van der Waals surface area contributed by atoms with E-state index in [4.69, 9.17) is 9.84 Å². The zero-order valence-electron chi connectivity index (χ0n) is 14.5. The summed E-state index contributed by atoms with van der Waals surface area (Å²) in [4.78, 5) is 23.9. The monoisotopic (exact) mass is 341 g/mol. The molecule has 5 nitrogen and oxygen atoms in total. The van der Waals surface area contributed by atoms with Crippen molar-refractivity contribution in [1.82, 2.24) is 5.32 Å². The highest BCUT2D eigenvalue weighted by Crippen LogP contribution is 2.13. The third-order valence-electron chi connectivity index (χ3n) is 3.97. The number of carbonyl (C=O) groups is 2. The molecule has 0 aromatic heterocycles. The van der Waals surface area contributed by atoms with Crippen molar-refractivity contribution in [2.45, 2.75) is 32.9 Å². The van der Waals surface area contributed by atoms with Gasteiger partial charge in [0.2, 0.25) is 0 Å². The summed E-state index contributed by atoms with van der Waals surface area (Å²) in [6.07, 6.45) is 0.969. The summed E-state index contributed by atoms with van der Waals surface area (Å²) >= 11 is 0. The number of benzene rings is 2. The molecule has 2 aromatic carbocycles. The number of amides is 1. The first-order valence-electron chi connectivity index (χ1n) is 8.28. The van der Waals surface area contributed by atoms with Gasteiger partial charge in [0.05, 0.1) is 18.2 Å². The van der Waals surface area contributed by atoms with Crippen molar-refractivity contribution in [1.29, 1.82) is 0 Å². The van der Waals surface area contributed by atoms with Crippen LogP contribution in [-0.2, 0) is 22.6 Å². The fourth-order valence-corrected chi connectivity index (χ4v) is 2.37. The molecule has 25 heavy (non-hydrogen) atoms. The minimum Gasteiger partial charge on any atom is -0.452 e. The summed E-state index contributed by atoms with van der Waals surface area (Å²) in [7, 11) is 0. The molecule has 0 spiro atoms. The van der Waals surface area contributed by atoms with Crippen LogP contribution in [0.2, 0.25) is 0 Å². The van der Waals surface area contributed by atoms with Crippen molar-refractivity contribution >= 4 is 11.9 Å². The number of aliphatic hydroxyl groups is 1. The number of carbonyl (C=O) groups excluding carboxylic acids is 2. The normalized spacial score (nSPS) is 11.6. The first kappa shape index (κ1) is 18.7. The average Bonchev–Trinajstić information content (AvgIpc) is 2.66. The highest BCUT2D eigenvalue weighted by molar-refractivity contribution is 5.91. The van der Waals surface area contributed by atoms with Crippen LogP contribution in [0.3, 0.4) is 0 Å². The van der Waals surface area contributed by atoms with Crippen molar-refractivity contribution in [3.05, 3.63) is 70.8 Å². The van der Waals surface area contributed by atoms with Crippen LogP contribution in [0.15, 0.2) is 48.5 Å². The predicted molar refractivity (Wildman–Crippen MR) is 95.0 cm³/mol. The zero-order valence-corrected chi connectivity index (χ0v) is 14.5. The molecular formula is C20H23NO4. The Bertz CT molecular complexity index is 707. The van der Waals surface area contributed by atoms with Gasteiger partial charge in [-0.2, -0.15) is 0 Å². The molecule has 1 atom stereocenters. The number of rotatable bonds is 7. The lowest BCUT2D eigenvalue weighted by atomic mass is 10.1. The molecule has 0 fully saturated rings. The number of aryl methyl sites for hydroxylation is 1. The largest absolute Gasteiger partial charge is 0.452 e. The number of ether oxygens (including phenoxy) is 1. The van der Waals surface area contributed by atoms with Crippen LogP contribution < -0.4 is 5.32 Å². The summed E-state index contributed by atoms with van der Waals surface area (Å²) in [5, 5.41) is 11.8. The van der Waals surface area contributed by atoms with E-state index in [9.17, 15) is 9.59 Å². The summed E-state index contributed by atoms with van der Waals surface area (Å²) in [5.74, 6) is -0.924. The van der Waals surface area contributed by atoms with E-state index < -0.39 is 5.97 Å². The Balaban J connectivity index is 1.83.